The highest BCUT2D eigenvalue weighted by Crippen LogP contribution is 2.32. The summed E-state index contributed by atoms with van der Waals surface area (Å²) in [6, 6.07) is 7.55. The molecule has 0 fully saturated rings. The van der Waals surface area contributed by atoms with Gasteiger partial charge in [0.25, 0.3) is 0 Å². The van der Waals surface area contributed by atoms with Crippen LogP contribution in [0.1, 0.15) is 44.8 Å². The zero-order valence-electron chi connectivity index (χ0n) is 11.4. The van der Waals surface area contributed by atoms with E-state index in [4.69, 9.17) is 11.6 Å². The number of aliphatic hydroxyl groups excluding tert-OH is 1. The fourth-order valence-electron chi connectivity index (χ4n) is 2.49. The van der Waals surface area contributed by atoms with Crippen LogP contribution in [0.3, 0.4) is 0 Å². The average molecular weight is 278 g/mol. The Hall–Kier alpha value is -1.12. The summed E-state index contributed by atoms with van der Waals surface area (Å²) in [5.74, 6) is 0.546. The molecule has 0 aliphatic heterocycles. The Bertz CT molecular complexity index is 551. The fourth-order valence-corrected chi connectivity index (χ4v) is 2.71. The molecule has 1 aromatic carbocycles. The first-order valence-electron chi connectivity index (χ1n) is 6.88. The molecule has 1 heterocycles. The maximum Gasteiger partial charge on any atom is 0.0813 e. The molecular weight excluding hydrogens is 258 g/mol. The summed E-state index contributed by atoms with van der Waals surface area (Å²) in [5.41, 5.74) is 1.69. The molecule has 3 heteroatoms. The van der Waals surface area contributed by atoms with Crippen molar-refractivity contribution in [1.82, 2.24) is 4.98 Å². The van der Waals surface area contributed by atoms with Crippen LogP contribution in [0.15, 0.2) is 30.5 Å². The molecule has 0 amide bonds. The van der Waals surface area contributed by atoms with Crippen molar-refractivity contribution in [3.05, 3.63) is 41.0 Å². The topological polar surface area (TPSA) is 33.1 Å². The summed E-state index contributed by atoms with van der Waals surface area (Å²) >= 11 is 6.17. The van der Waals surface area contributed by atoms with Gasteiger partial charge in [0, 0.05) is 22.2 Å². The van der Waals surface area contributed by atoms with Crippen LogP contribution >= 0.6 is 11.6 Å². The Balaban J connectivity index is 2.37. The van der Waals surface area contributed by atoms with Crippen molar-refractivity contribution >= 4 is 22.5 Å². The quantitative estimate of drug-likeness (QED) is 0.856. The van der Waals surface area contributed by atoms with Gasteiger partial charge in [-0.3, -0.25) is 4.98 Å². The van der Waals surface area contributed by atoms with E-state index in [0.29, 0.717) is 10.9 Å². The molecule has 0 radical (unpaired) electrons. The molecule has 1 unspecified atom stereocenters. The predicted octanol–water partition coefficient (Wildman–Crippen LogP) is 4.75. The summed E-state index contributed by atoms with van der Waals surface area (Å²) in [6.45, 7) is 4.33. The van der Waals surface area contributed by atoms with Crippen LogP contribution < -0.4 is 0 Å². The van der Waals surface area contributed by atoms with Crippen molar-refractivity contribution in [2.75, 3.05) is 0 Å². The number of aromatic nitrogens is 1. The highest BCUT2D eigenvalue weighted by Gasteiger charge is 2.17. The molecule has 102 valence electrons. The molecule has 0 aliphatic rings. The molecule has 1 N–H and O–H groups in total. The minimum atomic E-state index is -0.473. The van der Waals surface area contributed by atoms with E-state index in [1.807, 2.05) is 24.3 Å². The van der Waals surface area contributed by atoms with E-state index >= 15 is 0 Å². The first-order chi connectivity index (χ1) is 9.17. The molecule has 2 nitrogen and oxygen atoms in total. The van der Waals surface area contributed by atoms with Gasteiger partial charge in [-0.05, 0) is 30.5 Å². The van der Waals surface area contributed by atoms with Gasteiger partial charge in [-0.1, -0.05) is 44.4 Å². The Morgan fingerprint density at radius 2 is 1.95 bits per heavy atom. The van der Waals surface area contributed by atoms with E-state index in [9.17, 15) is 5.11 Å². The van der Waals surface area contributed by atoms with Gasteiger partial charge in [0.2, 0.25) is 0 Å². The van der Waals surface area contributed by atoms with Gasteiger partial charge in [0.05, 0.1) is 11.6 Å². The number of halogens is 1. The number of benzene rings is 1. The van der Waals surface area contributed by atoms with Crippen LogP contribution in [-0.2, 0) is 0 Å². The van der Waals surface area contributed by atoms with Crippen molar-refractivity contribution in [1.29, 1.82) is 0 Å². The van der Waals surface area contributed by atoms with Crippen LogP contribution in [0.2, 0.25) is 5.02 Å². The van der Waals surface area contributed by atoms with Crippen molar-refractivity contribution < 1.29 is 5.11 Å². The summed E-state index contributed by atoms with van der Waals surface area (Å²) in [6.07, 6.45) is 4.23. The standard InChI is InChI=1S/C16H20ClNO/c1-3-11(4-2)10-15(19)13-7-8-14(17)12-6-5-9-18-16(12)13/h5-9,11,15,19H,3-4,10H2,1-2H3. The van der Waals surface area contributed by atoms with Gasteiger partial charge in [-0.15, -0.1) is 0 Å². The molecule has 1 atom stereocenters. The van der Waals surface area contributed by atoms with Crippen LogP contribution in [0.25, 0.3) is 10.9 Å². The van der Waals surface area contributed by atoms with Crippen LogP contribution in [0.4, 0.5) is 0 Å². The lowest BCUT2D eigenvalue weighted by molar-refractivity contribution is 0.142. The number of hydrogen-bond donors (Lipinski definition) is 1. The molecule has 0 spiro atoms. The van der Waals surface area contributed by atoms with E-state index in [0.717, 1.165) is 35.7 Å². The number of pyridine rings is 1. The van der Waals surface area contributed by atoms with Crippen molar-refractivity contribution in [3.8, 4) is 0 Å². The van der Waals surface area contributed by atoms with Crippen molar-refractivity contribution in [2.45, 2.75) is 39.2 Å². The van der Waals surface area contributed by atoms with Gasteiger partial charge in [0.15, 0.2) is 0 Å². The number of hydrogen-bond acceptors (Lipinski definition) is 2. The highest BCUT2D eigenvalue weighted by molar-refractivity contribution is 6.35. The lowest BCUT2D eigenvalue weighted by Gasteiger charge is -2.19. The van der Waals surface area contributed by atoms with Gasteiger partial charge >= 0.3 is 0 Å². The SMILES string of the molecule is CCC(CC)CC(O)c1ccc(Cl)c2cccnc12. The Morgan fingerprint density at radius 1 is 1.21 bits per heavy atom. The molecule has 0 aliphatic carbocycles. The Morgan fingerprint density at radius 3 is 2.63 bits per heavy atom. The number of aliphatic hydroxyl groups is 1. The third-order valence-electron chi connectivity index (χ3n) is 3.82. The van der Waals surface area contributed by atoms with Crippen LogP contribution in [0.5, 0.6) is 0 Å². The lowest BCUT2D eigenvalue weighted by Crippen LogP contribution is -2.07. The zero-order valence-corrected chi connectivity index (χ0v) is 12.2. The highest BCUT2D eigenvalue weighted by atomic mass is 35.5. The second kappa shape index (κ2) is 6.36. The molecule has 1 aromatic heterocycles. The number of rotatable bonds is 5. The summed E-state index contributed by atoms with van der Waals surface area (Å²) in [4.78, 5) is 4.38. The van der Waals surface area contributed by atoms with E-state index in [2.05, 4.69) is 18.8 Å². The minimum absolute atomic E-state index is 0.473. The number of nitrogens with zero attached hydrogens (tertiary/aromatic N) is 1. The normalized spacial score (nSPS) is 13.1. The van der Waals surface area contributed by atoms with Crippen LogP contribution in [-0.4, -0.2) is 10.1 Å². The smallest absolute Gasteiger partial charge is 0.0813 e. The average Bonchev–Trinajstić information content (AvgIpc) is 2.45. The monoisotopic (exact) mass is 277 g/mol. The molecule has 0 saturated carbocycles. The third kappa shape index (κ3) is 3.07. The molecule has 19 heavy (non-hydrogen) atoms. The first kappa shape index (κ1) is 14.3. The molecule has 2 aromatic rings. The minimum Gasteiger partial charge on any atom is -0.388 e. The van der Waals surface area contributed by atoms with E-state index in [-0.39, 0.29) is 0 Å². The molecule has 2 rings (SSSR count). The predicted molar refractivity (Wildman–Crippen MR) is 80.4 cm³/mol. The maximum absolute atomic E-state index is 10.5. The van der Waals surface area contributed by atoms with Gasteiger partial charge < -0.3 is 5.11 Å². The molecular formula is C16H20ClNO. The summed E-state index contributed by atoms with van der Waals surface area (Å²) < 4.78 is 0. The Kier molecular flexibility index (Phi) is 4.78. The third-order valence-corrected chi connectivity index (χ3v) is 4.15. The Labute approximate surface area is 119 Å². The fraction of sp³-hybridized carbons (Fsp3) is 0.438. The summed E-state index contributed by atoms with van der Waals surface area (Å²) in [5, 5.41) is 12.0. The van der Waals surface area contributed by atoms with Crippen molar-refractivity contribution in [2.24, 2.45) is 5.92 Å². The van der Waals surface area contributed by atoms with Crippen LogP contribution in [0, 0.1) is 5.92 Å². The number of fused-ring (bicyclic) bond motifs is 1. The van der Waals surface area contributed by atoms with E-state index < -0.39 is 6.10 Å². The second-order valence-corrected chi connectivity index (χ2v) is 5.38. The molecule has 0 bridgehead atoms. The maximum atomic E-state index is 10.5. The largest absolute Gasteiger partial charge is 0.388 e. The zero-order chi connectivity index (χ0) is 13.8. The second-order valence-electron chi connectivity index (χ2n) is 4.97. The van der Waals surface area contributed by atoms with Crippen molar-refractivity contribution in [3.63, 3.8) is 0 Å². The van der Waals surface area contributed by atoms with Gasteiger partial charge in [-0.25, -0.2) is 0 Å². The van der Waals surface area contributed by atoms with Gasteiger partial charge in [0.1, 0.15) is 0 Å². The first-order valence-corrected chi connectivity index (χ1v) is 7.26. The molecule has 0 saturated heterocycles. The van der Waals surface area contributed by atoms with Gasteiger partial charge in [-0.2, -0.15) is 0 Å². The van der Waals surface area contributed by atoms with E-state index in [1.165, 1.54) is 0 Å². The van der Waals surface area contributed by atoms with E-state index in [1.54, 1.807) is 6.20 Å². The summed E-state index contributed by atoms with van der Waals surface area (Å²) in [7, 11) is 0. The lowest BCUT2D eigenvalue weighted by atomic mass is 9.92.